The fourth-order valence-corrected chi connectivity index (χ4v) is 3.70. The molecule has 0 bridgehead atoms. The quantitative estimate of drug-likeness (QED) is 0.870. The minimum absolute atomic E-state index is 0.174. The molecule has 106 valence electrons. The molecule has 1 aliphatic rings. The molecule has 1 fully saturated rings. The Hall–Kier alpha value is -0.870. The van der Waals surface area contributed by atoms with Crippen molar-refractivity contribution in [3.63, 3.8) is 0 Å². The number of rotatable bonds is 6. The van der Waals surface area contributed by atoms with Gasteiger partial charge in [-0.15, -0.1) is 11.3 Å². The van der Waals surface area contributed by atoms with Gasteiger partial charge in [0.2, 0.25) is 5.91 Å². The highest BCUT2D eigenvalue weighted by molar-refractivity contribution is 7.09. The lowest BCUT2D eigenvalue weighted by atomic mass is 9.94. The maximum atomic E-state index is 12.6. The zero-order valence-corrected chi connectivity index (χ0v) is 12.5. The molecule has 3 nitrogen and oxygen atoms in total. The third-order valence-corrected chi connectivity index (χ3v) is 5.12. The van der Waals surface area contributed by atoms with Gasteiger partial charge in [0.15, 0.2) is 0 Å². The van der Waals surface area contributed by atoms with Gasteiger partial charge >= 0.3 is 0 Å². The second kappa shape index (κ2) is 7.06. The summed E-state index contributed by atoms with van der Waals surface area (Å²) in [6, 6.07) is 4.21. The molecule has 0 spiro atoms. The Labute approximate surface area is 119 Å². The zero-order chi connectivity index (χ0) is 13.7. The van der Waals surface area contributed by atoms with Gasteiger partial charge in [-0.2, -0.15) is 0 Å². The molecule has 1 heterocycles. The number of carbonyl (C=O) groups excluding carboxylic acids is 1. The van der Waals surface area contributed by atoms with Gasteiger partial charge in [-0.1, -0.05) is 12.5 Å². The number of thiophene rings is 1. The second-order valence-corrected chi connectivity index (χ2v) is 6.31. The van der Waals surface area contributed by atoms with Crippen molar-refractivity contribution in [2.75, 3.05) is 19.6 Å². The van der Waals surface area contributed by atoms with E-state index in [0.717, 1.165) is 38.8 Å². The normalized spacial score (nSPS) is 22.6. The summed E-state index contributed by atoms with van der Waals surface area (Å²) in [4.78, 5) is 15.9. The molecule has 0 aromatic carbocycles. The molecule has 2 rings (SSSR count). The molecule has 0 radical (unpaired) electrons. The standard InChI is InChI=1S/C15H24N2OS/c1-2-17(9-8-13-6-4-10-19-13)15(18)14-7-3-5-12(14)11-16/h4,6,10,12,14H,2-3,5,7-9,11,16H2,1H3/t12-,14-/m1/s1. The van der Waals surface area contributed by atoms with Crippen LogP contribution in [0.1, 0.15) is 31.1 Å². The molecular weight excluding hydrogens is 256 g/mol. The molecule has 2 N–H and O–H groups in total. The Bertz CT molecular complexity index is 391. The van der Waals surface area contributed by atoms with E-state index in [4.69, 9.17) is 5.73 Å². The van der Waals surface area contributed by atoms with Crippen LogP contribution in [0, 0.1) is 11.8 Å². The summed E-state index contributed by atoms with van der Waals surface area (Å²) in [6.45, 7) is 4.36. The summed E-state index contributed by atoms with van der Waals surface area (Å²) >= 11 is 1.77. The minimum atomic E-state index is 0.174. The van der Waals surface area contributed by atoms with Crippen LogP contribution in [-0.4, -0.2) is 30.4 Å². The number of likely N-dealkylation sites (N-methyl/N-ethyl adjacent to an activating group) is 1. The van der Waals surface area contributed by atoms with E-state index < -0.39 is 0 Å². The van der Waals surface area contributed by atoms with Crippen LogP contribution in [0.5, 0.6) is 0 Å². The van der Waals surface area contributed by atoms with Crippen molar-refractivity contribution >= 4 is 17.2 Å². The third-order valence-electron chi connectivity index (χ3n) is 4.18. The minimum Gasteiger partial charge on any atom is -0.342 e. The van der Waals surface area contributed by atoms with Crippen LogP contribution in [0.15, 0.2) is 17.5 Å². The highest BCUT2D eigenvalue weighted by atomic mass is 32.1. The topological polar surface area (TPSA) is 46.3 Å². The molecule has 4 heteroatoms. The number of amides is 1. The van der Waals surface area contributed by atoms with Gasteiger partial charge < -0.3 is 10.6 Å². The number of nitrogens with two attached hydrogens (primary N) is 1. The smallest absolute Gasteiger partial charge is 0.226 e. The van der Waals surface area contributed by atoms with E-state index in [1.165, 1.54) is 4.88 Å². The van der Waals surface area contributed by atoms with Crippen LogP contribution in [0.25, 0.3) is 0 Å². The van der Waals surface area contributed by atoms with E-state index in [1.54, 1.807) is 11.3 Å². The summed E-state index contributed by atoms with van der Waals surface area (Å²) in [7, 11) is 0. The first-order valence-corrected chi connectivity index (χ1v) is 8.15. The van der Waals surface area contributed by atoms with Gasteiger partial charge in [-0.3, -0.25) is 4.79 Å². The molecule has 0 aliphatic heterocycles. The lowest BCUT2D eigenvalue weighted by Gasteiger charge is -2.27. The average Bonchev–Trinajstić information content (AvgIpc) is 3.09. The van der Waals surface area contributed by atoms with Gasteiger partial charge in [-0.05, 0) is 50.1 Å². The van der Waals surface area contributed by atoms with Gasteiger partial charge in [-0.25, -0.2) is 0 Å². The van der Waals surface area contributed by atoms with E-state index in [2.05, 4.69) is 24.4 Å². The van der Waals surface area contributed by atoms with Crippen molar-refractivity contribution < 1.29 is 4.79 Å². The monoisotopic (exact) mass is 280 g/mol. The fraction of sp³-hybridized carbons (Fsp3) is 0.667. The maximum Gasteiger partial charge on any atom is 0.226 e. The second-order valence-electron chi connectivity index (χ2n) is 5.28. The molecule has 19 heavy (non-hydrogen) atoms. The molecule has 2 atom stereocenters. The Morgan fingerprint density at radius 2 is 2.37 bits per heavy atom. The number of carbonyl (C=O) groups is 1. The molecule has 1 amide bonds. The van der Waals surface area contributed by atoms with Crippen molar-refractivity contribution in [2.45, 2.75) is 32.6 Å². The van der Waals surface area contributed by atoms with Crippen LogP contribution in [0.4, 0.5) is 0 Å². The van der Waals surface area contributed by atoms with E-state index in [0.29, 0.717) is 18.4 Å². The number of hydrogen-bond acceptors (Lipinski definition) is 3. The maximum absolute atomic E-state index is 12.6. The van der Waals surface area contributed by atoms with Gasteiger partial charge in [0.05, 0.1) is 0 Å². The van der Waals surface area contributed by atoms with Crippen molar-refractivity contribution in [1.29, 1.82) is 0 Å². The summed E-state index contributed by atoms with van der Waals surface area (Å²) in [5.41, 5.74) is 5.79. The van der Waals surface area contributed by atoms with E-state index in [1.807, 2.05) is 4.90 Å². The Kier molecular flexibility index (Phi) is 5.40. The molecular formula is C15H24N2OS. The molecule has 0 unspecified atom stereocenters. The van der Waals surface area contributed by atoms with Crippen molar-refractivity contribution in [3.8, 4) is 0 Å². The Morgan fingerprint density at radius 1 is 1.53 bits per heavy atom. The van der Waals surface area contributed by atoms with Gasteiger partial charge in [0.25, 0.3) is 0 Å². The Balaban J connectivity index is 1.91. The zero-order valence-electron chi connectivity index (χ0n) is 11.7. The van der Waals surface area contributed by atoms with E-state index in [9.17, 15) is 4.79 Å². The molecule has 0 saturated heterocycles. The van der Waals surface area contributed by atoms with E-state index in [-0.39, 0.29) is 5.92 Å². The van der Waals surface area contributed by atoms with E-state index >= 15 is 0 Å². The number of hydrogen-bond donors (Lipinski definition) is 1. The SMILES string of the molecule is CCN(CCc1cccs1)C(=O)[C@@H]1CCC[C@@H]1CN. The van der Waals surface area contributed by atoms with Crippen molar-refractivity contribution in [2.24, 2.45) is 17.6 Å². The molecule has 1 aromatic rings. The summed E-state index contributed by atoms with van der Waals surface area (Å²) in [5.74, 6) is 0.906. The fourth-order valence-electron chi connectivity index (χ4n) is 3.00. The highest BCUT2D eigenvalue weighted by Crippen LogP contribution is 2.32. The van der Waals surface area contributed by atoms with Crippen LogP contribution in [0.2, 0.25) is 0 Å². The van der Waals surface area contributed by atoms with Crippen molar-refractivity contribution in [1.82, 2.24) is 4.90 Å². The van der Waals surface area contributed by atoms with Crippen LogP contribution in [0.3, 0.4) is 0 Å². The van der Waals surface area contributed by atoms with Gasteiger partial charge in [0.1, 0.15) is 0 Å². The van der Waals surface area contributed by atoms with Crippen molar-refractivity contribution in [3.05, 3.63) is 22.4 Å². The summed E-state index contributed by atoms with van der Waals surface area (Å²) in [6.07, 6.45) is 4.27. The lowest BCUT2D eigenvalue weighted by Crippen LogP contribution is -2.40. The first-order chi connectivity index (χ1) is 9.26. The summed E-state index contributed by atoms with van der Waals surface area (Å²) in [5, 5.41) is 2.09. The predicted octanol–water partition coefficient (Wildman–Crippen LogP) is 2.51. The first-order valence-electron chi connectivity index (χ1n) is 7.27. The van der Waals surface area contributed by atoms with Crippen LogP contribution < -0.4 is 5.73 Å². The highest BCUT2D eigenvalue weighted by Gasteiger charge is 2.34. The Morgan fingerprint density at radius 3 is 3.00 bits per heavy atom. The van der Waals surface area contributed by atoms with Crippen LogP contribution >= 0.6 is 11.3 Å². The predicted molar refractivity (Wildman–Crippen MR) is 80.2 cm³/mol. The first kappa shape index (κ1) is 14.5. The lowest BCUT2D eigenvalue weighted by molar-refractivity contribution is -0.136. The van der Waals surface area contributed by atoms with Crippen LogP contribution in [-0.2, 0) is 11.2 Å². The molecule has 1 saturated carbocycles. The number of nitrogens with zero attached hydrogens (tertiary/aromatic N) is 1. The average molecular weight is 280 g/mol. The molecule has 1 aromatic heterocycles. The van der Waals surface area contributed by atoms with Gasteiger partial charge in [0, 0.05) is 23.9 Å². The largest absolute Gasteiger partial charge is 0.342 e. The third kappa shape index (κ3) is 3.57. The molecule has 1 aliphatic carbocycles. The summed E-state index contributed by atoms with van der Waals surface area (Å²) < 4.78 is 0.